The molecule has 7 heteroatoms. The summed E-state index contributed by atoms with van der Waals surface area (Å²) in [5.74, 6) is 0.447. The van der Waals surface area contributed by atoms with E-state index in [2.05, 4.69) is 10.6 Å². The van der Waals surface area contributed by atoms with Crippen LogP contribution < -0.4 is 21.1 Å². The second kappa shape index (κ2) is 7.19. The molecule has 2 heterocycles. The third kappa shape index (κ3) is 3.68. The van der Waals surface area contributed by atoms with Gasteiger partial charge >= 0.3 is 0 Å². The van der Waals surface area contributed by atoms with E-state index in [1.54, 1.807) is 6.07 Å². The van der Waals surface area contributed by atoms with Crippen LogP contribution in [-0.4, -0.2) is 37.7 Å². The van der Waals surface area contributed by atoms with Crippen LogP contribution in [0.25, 0.3) is 0 Å². The maximum absolute atomic E-state index is 12.4. The van der Waals surface area contributed by atoms with E-state index in [1.807, 2.05) is 19.1 Å². The van der Waals surface area contributed by atoms with E-state index in [4.69, 9.17) is 15.2 Å². The molecule has 0 radical (unpaired) electrons. The highest BCUT2D eigenvalue weighted by Crippen LogP contribution is 2.30. The van der Waals surface area contributed by atoms with E-state index in [-0.39, 0.29) is 30.4 Å². The molecule has 2 aliphatic heterocycles. The molecule has 2 aliphatic rings. The van der Waals surface area contributed by atoms with E-state index in [0.29, 0.717) is 24.7 Å². The molecular weight excluding hydrogens is 310 g/mol. The van der Waals surface area contributed by atoms with Gasteiger partial charge in [0.05, 0.1) is 17.8 Å². The molecular formula is C17H23N3O4. The fourth-order valence-corrected chi connectivity index (χ4v) is 3.05. The van der Waals surface area contributed by atoms with Crippen LogP contribution in [0.5, 0.6) is 5.75 Å². The molecule has 0 aromatic heterocycles. The Hall–Kier alpha value is -2.12. The molecule has 1 saturated heterocycles. The van der Waals surface area contributed by atoms with E-state index < -0.39 is 6.04 Å². The number of hydrogen-bond acceptors (Lipinski definition) is 5. The lowest BCUT2D eigenvalue weighted by molar-refractivity contribution is -0.125. The largest absolute Gasteiger partial charge is 0.482 e. The lowest BCUT2D eigenvalue weighted by Gasteiger charge is -2.28. The molecule has 2 amide bonds. The number of nitrogens with one attached hydrogen (secondary N) is 2. The molecule has 24 heavy (non-hydrogen) atoms. The van der Waals surface area contributed by atoms with Crippen molar-refractivity contribution < 1.29 is 19.1 Å². The number of ether oxygens (including phenoxy) is 2. The zero-order valence-corrected chi connectivity index (χ0v) is 13.7. The zero-order chi connectivity index (χ0) is 17.1. The number of anilines is 1. The average Bonchev–Trinajstić information content (AvgIpc) is 2.61. The van der Waals surface area contributed by atoms with Crippen molar-refractivity contribution in [1.82, 2.24) is 5.32 Å². The third-order valence-corrected chi connectivity index (χ3v) is 4.57. The number of hydrogen-bond donors (Lipinski definition) is 3. The normalized spacial score (nSPS) is 20.3. The number of rotatable bonds is 4. The lowest BCUT2D eigenvalue weighted by Crippen LogP contribution is -2.47. The van der Waals surface area contributed by atoms with Crippen LogP contribution in [0, 0.1) is 5.92 Å². The van der Waals surface area contributed by atoms with E-state index in [0.717, 1.165) is 18.4 Å². The van der Waals surface area contributed by atoms with Crippen LogP contribution in [0.3, 0.4) is 0 Å². The Morgan fingerprint density at radius 3 is 2.88 bits per heavy atom. The van der Waals surface area contributed by atoms with Crippen molar-refractivity contribution in [2.24, 2.45) is 11.7 Å². The standard InChI is InChI=1S/C17H23N3O4/c1-10(19-17(22)16(18)11-4-6-23-7-5-11)12-2-3-14-13(8-12)20-15(21)9-24-14/h2-3,8,10-11,16H,4-7,9,18H2,1H3,(H,19,22)(H,20,21). The molecule has 4 N–H and O–H groups in total. The Morgan fingerprint density at radius 2 is 2.12 bits per heavy atom. The fourth-order valence-electron chi connectivity index (χ4n) is 3.05. The van der Waals surface area contributed by atoms with Crippen molar-refractivity contribution in [2.75, 3.05) is 25.1 Å². The van der Waals surface area contributed by atoms with Crippen molar-refractivity contribution >= 4 is 17.5 Å². The lowest BCUT2D eigenvalue weighted by atomic mass is 9.91. The Labute approximate surface area is 140 Å². The molecule has 130 valence electrons. The highest BCUT2D eigenvalue weighted by Gasteiger charge is 2.27. The fraction of sp³-hybridized carbons (Fsp3) is 0.529. The molecule has 0 spiro atoms. The van der Waals surface area contributed by atoms with Gasteiger partial charge in [-0.3, -0.25) is 9.59 Å². The third-order valence-electron chi connectivity index (χ3n) is 4.57. The first-order valence-corrected chi connectivity index (χ1v) is 8.25. The second-order valence-corrected chi connectivity index (χ2v) is 6.30. The van der Waals surface area contributed by atoms with Gasteiger partial charge in [0.25, 0.3) is 5.91 Å². The van der Waals surface area contributed by atoms with E-state index in [9.17, 15) is 9.59 Å². The smallest absolute Gasteiger partial charge is 0.262 e. The minimum absolute atomic E-state index is 0.0264. The Morgan fingerprint density at radius 1 is 1.38 bits per heavy atom. The highest BCUT2D eigenvalue weighted by molar-refractivity contribution is 5.95. The first-order valence-electron chi connectivity index (χ1n) is 8.25. The minimum atomic E-state index is -0.531. The molecule has 7 nitrogen and oxygen atoms in total. The number of fused-ring (bicyclic) bond motifs is 1. The molecule has 1 aromatic rings. The first kappa shape index (κ1) is 16.7. The van der Waals surface area contributed by atoms with Crippen LogP contribution in [0.1, 0.15) is 31.4 Å². The predicted octanol–water partition coefficient (Wildman–Crippen LogP) is 0.949. The minimum Gasteiger partial charge on any atom is -0.482 e. The summed E-state index contributed by atoms with van der Waals surface area (Å²) in [4.78, 5) is 23.8. The zero-order valence-electron chi connectivity index (χ0n) is 13.7. The van der Waals surface area contributed by atoms with Crippen LogP contribution in [0.4, 0.5) is 5.69 Å². The summed E-state index contributed by atoms with van der Waals surface area (Å²) in [6.45, 7) is 3.23. The number of nitrogens with two attached hydrogens (primary N) is 1. The van der Waals surface area contributed by atoms with Gasteiger partial charge in [-0.1, -0.05) is 6.07 Å². The van der Waals surface area contributed by atoms with E-state index >= 15 is 0 Å². The van der Waals surface area contributed by atoms with Gasteiger partial charge < -0.3 is 25.8 Å². The van der Waals surface area contributed by atoms with Gasteiger partial charge in [-0.05, 0) is 43.4 Å². The molecule has 2 unspecified atom stereocenters. The average molecular weight is 333 g/mol. The second-order valence-electron chi connectivity index (χ2n) is 6.30. The van der Waals surface area contributed by atoms with Gasteiger partial charge in [0.2, 0.25) is 5.91 Å². The van der Waals surface area contributed by atoms with Gasteiger partial charge in [-0.25, -0.2) is 0 Å². The van der Waals surface area contributed by atoms with Gasteiger partial charge in [-0.2, -0.15) is 0 Å². The Kier molecular flexibility index (Phi) is 5.01. The monoisotopic (exact) mass is 333 g/mol. The highest BCUT2D eigenvalue weighted by atomic mass is 16.5. The van der Waals surface area contributed by atoms with Crippen LogP contribution >= 0.6 is 0 Å². The summed E-state index contributed by atoms with van der Waals surface area (Å²) in [5.41, 5.74) is 7.61. The molecule has 3 rings (SSSR count). The maximum atomic E-state index is 12.4. The number of benzene rings is 1. The van der Waals surface area contributed by atoms with Gasteiger partial charge in [0.15, 0.2) is 6.61 Å². The van der Waals surface area contributed by atoms with Crippen molar-refractivity contribution in [2.45, 2.75) is 31.8 Å². The van der Waals surface area contributed by atoms with Crippen LogP contribution in [0.15, 0.2) is 18.2 Å². The predicted molar refractivity (Wildman–Crippen MR) is 88.6 cm³/mol. The number of carbonyl (C=O) groups excluding carboxylic acids is 2. The van der Waals surface area contributed by atoms with Gasteiger partial charge in [0.1, 0.15) is 5.75 Å². The number of amides is 2. The van der Waals surface area contributed by atoms with Gasteiger partial charge in [-0.15, -0.1) is 0 Å². The summed E-state index contributed by atoms with van der Waals surface area (Å²) in [6.07, 6.45) is 1.62. The van der Waals surface area contributed by atoms with Crippen molar-refractivity contribution in [1.29, 1.82) is 0 Å². The van der Waals surface area contributed by atoms with Crippen LogP contribution in [-0.2, 0) is 14.3 Å². The van der Waals surface area contributed by atoms with Crippen molar-refractivity contribution in [3.05, 3.63) is 23.8 Å². The molecule has 1 aromatic carbocycles. The molecule has 2 atom stereocenters. The van der Waals surface area contributed by atoms with Crippen molar-refractivity contribution in [3.8, 4) is 5.75 Å². The Bertz CT molecular complexity index is 628. The van der Waals surface area contributed by atoms with E-state index in [1.165, 1.54) is 0 Å². The summed E-state index contributed by atoms with van der Waals surface area (Å²) in [7, 11) is 0. The van der Waals surface area contributed by atoms with Gasteiger partial charge in [0, 0.05) is 13.2 Å². The topological polar surface area (TPSA) is 103 Å². The van der Waals surface area contributed by atoms with Crippen molar-refractivity contribution in [3.63, 3.8) is 0 Å². The summed E-state index contributed by atoms with van der Waals surface area (Å²) in [6, 6.07) is 4.74. The quantitative estimate of drug-likeness (QED) is 0.761. The molecule has 1 fully saturated rings. The maximum Gasteiger partial charge on any atom is 0.262 e. The summed E-state index contributed by atoms with van der Waals surface area (Å²) >= 11 is 0. The summed E-state index contributed by atoms with van der Waals surface area (Å²) in [5, 5.41) is 5.72. The molecule has 0 saturated carbocycles. The molecule has 0 aliphatic carbocycles. The first-order chi connectivity index (χ1) is 11.5. The summed E-state index contributed by atoms with van der Waals surface area (Å²) < 4.78 is 10.6. The SMILES string of the molecule is CC(NC(=O)C(N)C1CCOCC1)c1ccc2c(c1)NC(=O)CO2. The molecule has 0 bridgehead atoms. The van der Waals surface area contributed by atoms with Crippen LogP contribution in [0.2, 0.25) is 0 Å². The Balaban J connectivity index is 1.63. The number of carbonyl (C=O) groups is 2.